The fourth-order valence-corrected chi connectivity index (χ4v) is 2.75. The van der Waals surface area contributed by atoms with Crippen LogP contribution in [0, 0.1) is 5.82 Å². The summed E-state index contributed by atoms with van der Waals surface area (Å²) >= 11 is 1.66. The van der Waals surface area contributed by atoms with E-state index in [0.717, 1.165) is 36.5 Å². The van der Waals surface area contributed by atoms with Crippen molar-refractivity contribution in [3.05, 3.63) is 30.1 Å². The third kappa shape index (κ3) is 6.41. The molecule has 108 valence electrons. The van der Waals surface area contributed by atoms with Gasteiger partial charge in [-0.3, -0.25) is 0 Å². The highest BCUT2D eigenvalue weighted by molar-refractivity contribution is 7.99. The first-order valence-electron chi connectivity index (χ1n) is 6.84. The Balaban J connectivity index is 2.29. The van der Waals surface area contributed by atoms with Crippen molar-refractivity contribution in [3.8, 4) is 0 Å². The molecule has 2 nitrogen and oxygen atoms in total. The van der Waals surface area contributed by atoms with Gasteiger partial charge >= 0.3 is 0 Å². The number of benzene rings is 1. The molecule has 1 atom stereocenters. The summed E-state index contributed by atoms with van der Waals surface area (Å²) in [4.78, 5) is 0.965. The molecule has 1 aromatic rings. The summed E-state index contributed by atoms with van der Waals surface area (Å²) < 4.78 is 13.0. The summed E-state index contributed by atoms with van der Waals surface area (Å²) in [5, 5.41) is 12.8. The number of rotatable bonds is 9. The Bertz CT molecular complexity index is 375. The quantitative estimate of drug-likeness (QED) is 0.538. The van der Waals surface area contributed by atoms with E-state index in [4.69, 9.17) is 0 Å². The third-order valence-corrected chi connectivity index (χ3v) is 4.17. The van der Waals surface area contributed by atoms with E-state index in [1.165, 1.54) is 6.07 Å². The van der Waals surface area contributed by atoms with E-state index >= 15 is 0 Å². The SMILES string of the molecule is CCCNC(C)(CO)CCCSc1cccc(F)c1. The molecule has 0 bridgehead atoms. The maximum Gasteiger partial charge on any atom is 0.124 e. The molecule has 0 spiro atoms. The number of hydrogen-bond acceptors (Lipinski definition) is 3. The molecule has 1 aromatic carbocycles. The van der Waals surface area contributed by atoms with Gasteiger partial charge in [-0.15, -0.1) is 11.8 Å². The molecule has 0 aliphatic heterocycles. The minimum absolute atomic E-state index is 0.150. The lowest BCUT2D eigenvalue weighted by Gasteiger charge is -2.28. The molecule has 0 aliphatic rings. The number of aliphatic hydroxyl groups is 1. The van der Waals surface area contributed by atoms with Gasteiger partial charge in [0.1, 0.15) is 5.82 Å². The van der Waals surface area contributed by atoms with Gasteiger partial charge < -0.3 is 10.4 Å². The maximum absolute atomic E-state index is 13.0. The smallest absolute Gasteiger partial charge is 0.124 e. The number of thioether (sulfide) groups is 1. The first-order chi connectivity index (χ1) is 9.09. The molecule has 0 aliphatic carbocycles. The Morgan fingerprint density at radius 2 is 2.21 bits per heavy atom. The lowest BCUT2D eigenvalue weighted by Crippen LogP contribution is -2.46. The van der Waals surface area contributed by atoms with Crippen molar-refractivity contribution in [2.75, 3.05) is 18.9 Å². The van der Waals surface area contributed by atoms with Gasteiger partial charge in [-0.1, -0.05) is 13.0 Å². The highest BCUT2D eigenvalue weighted by Gasteiger charge is 2.21. The summed E-state index contributed by atoms with van der Waals surface area (Å²) in [5.74, 6) is 0.752. The molecule has 4 heteroatoms. The van der Waals surface area contributed by atoms with Gasteiger partial charge in [0.25, 0.3) is 0 Å². The van der Waals surface area contributed by atoms with E-state index in [1.807, 2.05) is 6.07 Å². The summed E-state index contributed by atoms with van der Waals surface area (Å²) in [7, 11) is 0. The molecule has 0 amide bonds. The molecule has 0 fully saturated rings. The Morgan fingerprint density at radius 1 is 1.42 bits per heavy atom. The Hall–Kier alpha value is -0.580. The molecule has 0 radical (unpaired) electrons. The molecule has 19 heavy (non-hydrogen) atoms. The standard InChI is InChI=1S/C15H24FNOS/c1-3-9-17-15(2,12-18)8-5-10-19-14-7-4-6-13(16)11-14/h4,6-7,11,17-18H,3,5,8-10,12H2,1-2H3. The molecule has 0 heterocycles. The van der Waals surface area contributed by atoms with Crippen molar-refractivity contribution >= 4 is 11.8 Å². The van der Waals surface area contributed by atoms with Gasteiger partial charge in [-0.25, -0.2) is 4.39 Å². The van der Waals surface area contributed by atoms with Gasteiger partial charge in [0.05, 0.1) is 6.61 Å². The van der Waals surface area contributed by atoms with Crippen LogP contribution in [-0.2, 0) is 0 Å². The summed E-state index contributed by atoms with van der Waals surface area (Å²) in [6.45, 7) is 5.24. The lowest BCUT2D eigenvalue weighted by molar-refractivity contribution is 0.165. The van der Waals surface area contributed by atoms with Crippen molar-refractivity contribution in [1.29, 1.82) is 0 Å². The fraction of sp³-hybridized carbons (Fsp3) is 0.600. The van der Waals surface area contributed by atoms with Gasteiger partial charge in [-0.05, 0) is 56.7 Å². The zero-order chi connectivity index (χ0) is 14.1. The average molecular weight is 285 g/mol. The normalized spacial score (nSPS) is 14.3. The predicted molar refractivity (Wildman–Crippen MR) is 80.1 cm³/mol. The van der Waals surface area contributed by atoms with Crippen LogP contribution >= 0.6 is 11.8 Å². The first kappa shape index (κ1) is 16.5. The third-order valence-electron chi connectivity index (χ3n) is 3.09. The average Bonchev–Trinajstić information content (AvgIpc) is 2.42. The monoisotopic (exact) mass is 285 g/mol. The number of nitrogens with one attached hydrogen (secondary N) is 1. The van der Waals surface area contributed by atoms with Crippen molar-refractivity contribution in [1.82, 2.24) is 5.32 Å². The molecular weight excluding hydrogens is 261 g/mol. The van der Waals surface area contributed by atoms with Crippen molar-refractivity contribution in [3.63, 3.8) is 0 Å². The fourth-order valence-electron chi connectivity index (χ4n) is 1.86. The topological polar surface area (TPSA) is 32.3 Å². The molecule has 1 rings (SSSR count). The van der Waals surface area contributed by atoms with Gasteiger partial charge in [0.2, 0.25) is 0 Å². The number of aliphatic hydroxyl groups excluding tert-OH is 1. The molecule has 0 saturated carbocycles. The van der Waals surface area contributed by atoms with Crippen LogP contribution in [0.1, 0.15) is 33.1 Å². The largest absolute Gasteiger partial charge is 0.394 e. The summed E-state index contributed by atoms with van der Waals surface area (Å²) in [6.07, 6.45) is 2.98. The number of hydrogen-bond donors (Lipinski definition) is 2. The zero-order valence-electron chi connectivity index (χ0n) is 11.8. The van der Waals surface area contributed by atoms with E-state index in [1.54, 1.807) is 23.9 Å². The van der Waals surface area contributed by atoms with Crippen LogP contribution in [0.2, 0.25) is 0 Å². The van der Waals surface area contributed by atoms with Crippen LogP contribution in [0.4, 0.5) is 4.39 Å². The second-order valence-corrected chi connectivity index (χ2v) is 6.22. The minimum atomic E-state index is -0.196. The van der Waals surface area contributed by atoms with Crippen LogP contribution < -0.4 is 5.32 Å². The van der Waals surface area contributed by atoms with Crippen LogP contribution in [0.3, 0.4) is 0 Å². The van der Waals surface area contributed by atoms with Crippen molar-refractivity contribution in [2.45, 2.75) is 43.5 Å². The highest BCUT2D eigenvalue weighted by Crippen LogP contribution is 2.22. The van der Waals surface area contributed by atoms with E-state index < -0.39 is 0 Å². The van der Waals surface area contributed by atoms with Crippen LogP contribution in [-0.4, -0.2) is 29.5 Å². The van der Waals surface area contributed by atoms with Gasteiger partial charge in [-0.2, -0.15) is 0 Å². The highest BCUT2D eigenvalue weighted by atomic mass is 32.2. The van der Waals surface area contributed by atoms with Gasteiger partial charge in [0, 0.05) is 10.4 Å². The lowest BCUT2D eigenvalue weighted by atomic mass is 9.97. The predicted octanol–water partition coefficient (Wildman–Crippen LogP) is 3.45. The molecular formula is C15H24FNOS. The summed E-state index contributed by atoms with van der Waals surface area (Å²) in [5.41, 5.74) is -0.196. The number of halogens is 1. The van der Waals surface area contributed by atoms with E-state index in [0.29, 0.717) is 0 Å². The maximum atomic E-state index is 13.0. The van der Waals surface area contributed by atoms with E-state index in [2.05, 4.69) is 19.2 Å². The second kappa shape index (κ2) is 8.56. The molecule has 2 N–H and O–H groups in total. The second-order valence-electron chi connectivity index (χ2n) is 5.05. The summed E-state index contributed by atoms with van der Waals surface area (Å²) in [6, 6.07) is 6.68. The Labute approximate surface area is 119 Å². The molecule has 1 unspecified atom stereocenters. The Morgan fingerprint density at radius 3 is 2.84 bits per heavy atom. The van der Waals surface area contributed by atoms with Crippen molar-refractivity contribution < 1.29 is 9.50 Å². The van der Waals surface area contributed by atoms with Crippen LogP contribution in [0.5, 0.6) is 0 Å². The van der Waals surface area contributed by atoms with E-state index in [9.17, 15) is 9.50 Å². The molecule has 0 aromatic heterocycles. The van der Waals surface area contributed by atoms with Crippen LogP contribution in [0.15, 0.2) is 29.2 Å². The van der Waals surface area contributed by atoms with Crippen molar-refractivity contribution in [2.24, 2.45) is 0 Å². The van der Waals surface area contributed by atoms with Crippen LogP contribution in [0.25, 0.3) is 0 Å². The zero-order valence-corrected chi connectivity index (χ0v) is 12.6. The first-order valence-corrected chi connectivity index (χ1v) is 7.82. The molecule has 0 saturated heterocycles. The Kier molecular flexibility index (Phi) is 7.42. The minimum Gasteiger partial charge on any atom is -0.394 e. The van der Waals surface area contributed by atoms with E-state index in [-0.39, 0.29) is 18.0 Å². The van der Waals surface area contributed by atoms with Gasteiger partial charge in [0.15, 0.2) is 0 Å².